The van der Waals surface area contributed by atoms with Gasteiger partial charge in [0.25, 0.3) is 0 Å². The molecule has 1 unspecified atom stereocenters. The van der Waals surface area contributed by atoms with E-state index in [9.17, 15) is 4.57 Å². The smallest absolute Gasteiger partial charge is 1.00 e. The van der Waals surface area contributed by atoms with Crippen molar-refractivity contribution in [2.24, 2.45) is 0 Å². The van der Waals surface area contributed by atoms with Gasteiger partial charge in [-0.3, -0.25) is 4.52 Å². The summed E-state index contributed by atoms with van der Waals surface area (Å²) >= 11 is 5.19. The van der Waals surface area contributed by atoms with E-state index in [1.54, 1.807) is 0 Å². The molecule has 0 saturated heterocycles. The summed E-state index contributed by atoms with van der Waals surface area (Å²) in [6.45, 7) is 1.48. The van der Waals surface area contributed by atoms with E-state index in [4.69, 9.17) is 21.4 Å². The molecule has 58 valence electrons. The minimum atomic E-state index is -4.32. The van der Waals surface area contributed by atoms with Gasteiger partial charge in [-0.15, -0.1) is 11.6 Å². The third-order valence-corrected chi connectivity index (χ3v) is 1.60. The first-order valence-electron chi connectivity index (χ1n) is 2.25. The van der Waals surface area contributed by atoms with Gasteiger partial charge in [0, 0.05) is 5.88 Å². The molecule has 0 bridgehead atoms. The van der Waals surface area contributed by atoms with Crippen LogP contribution >= 0.6 is 19.4 Å². The Balaban J connectivity index is -0.000000320. The van der Waals surface area contributed by atoms with Crippen molar-refractivity contribution in [3.05, 3.63) is 0 Å². The van der Waals surface area contributed by atoms with Crippen LogP contribution in [0.5, 0.6) is 0 Å². The average Bonchev–Trinajstić information content (AvgIpc) is 1.62. The van der Waals surface area contributed by atoms with Crippen LogP contribution in [0.4, 0.5) is 0 Å². The number of halogens is 1. The molecule has 10 heavy (non-hydrogen) atoms. The molecule has 0 spiro atoms. The Hall–Kier alpha value is 1.40. The van der Waals surface area contributed by atoms with E-state index in [0.717, 1.165) is 0 Å². The topological polar surface area (TPSA) is 66.8 Å². The van der Waals surface area contributed by atoms with Crippen molar-refractivity contribution in [1.29, 1.82) is 0 Å². The van der Waals surface area contributed by atoms with E-state index in [2.05, 4.69) is 4.52 Å². The van der Waals surface area contributed by atoms with Gasteiger partial charge in [0.05, 0.1) is 6.10 Å². The predicted molar refractivity (Wildman–Crippen MR) is 34.4 cm³/mol. The van der Waals surface area contributed by atoms with Crippen LogP contribution in [0, 0.1) is 0 Å². The van der Waals surface area contributed by atoms with Crippen molar-refractivity contribution in [3.8, 4) is 0 Å². The van der Waals surface area contributed by atoms with Crippen LogP contribution in [0.25, 0.3) is 0 Å². The third kappa shape index (κ3) is 9.40. The van der Waals surface area contributed by atoms with Crippen LogP contribution in [-0.4, -0.2) is 21.8 Å². The molecule has 0 rings (SSSR count). The van der Waals surface area contributed by atoms with E-state index in [0.29, 0.717) is 0 Å². The van der Waals surface area contributed by atoms with E-state index in [-0.39, 0.29) is 36.9 Å². The van der Waals surface area contributed by atoms with Crippen molar-refractivity contribution in [2.45, 2.75) is 13.0 Å². The van der Waals surface area contributed by atoms with Crippen molar-refractivity contribution < 1.29 is 49.9 Å². The van der Waals surface area contributed by atoms with Gasteiger partial charge in [-0.25, -0.2) is 4.57 Å². The van der Waals surface area contributed by atoms with Gasteiger partial charge in [0.15, 0.2) is 0 Å². The van der Waals surface area contributed by atoms with E-state index in [1.807, 2.05) is 0 Å². The van der Waals surface area contributed by atoms with Crippen LogP contribution in [0.2, 0.25) is 0 Å². The second-order valence-corrected chi connectivity index (χ2v) is 3.06. The molecule has 2 N–H and O–H groups in total. The normalized spacial score (nSPS) is 14.0. The molecule has 0 radical (unpaired) electrons. The Kier molecular flexibility index (Phi) is 8.34. The molecule has 0 aliphatic rings. The fraction of sp³-hybridized carbons (Fsp3) is 1.00. The number of phosphoric acid groups is 1. The fourth-order valence-corrected chi connectivity index (χ4v) is 0.957. The fourth-order valence-electron chi connectivity index (χ4n) is 0.263. The molecule has 0 aromatic carbocycles. The predicted octanol–water partition coefficient (Wildman–Crippen LogP) is -2.16. The van der Waals surface area contributed by atoms with Crippen LogP contribution in [0.3, 0.4) is 0 Å². The first kappa shape index (κ1) is 14.0. The number of hydrogen-bond donors (Lipinski definition) is 2. The maximum absolute atomic E-state index is 10.0. The van der Waals surface area contributed by atoms with Crippen LogP contribution in [0.1, 0.15) is 8.35 Å². The quantitative estimate of drug-likeness (QED) is 0.308. The average molecular weight is 199 g/mol. The van der Waals surface area contributed by atoms with Gasteiger partial charge in [-0.1, -0.05) is 0 Å². The molecule has 0 aromatic heterocycles. The molecule has 0 aliphatic carbocycles. The summed E-state index contributed by atoms with van der Waals surface area (Å²) in [7, 11) is -4.32. The second-order valence-electron chi connectivity index (χ2n) is 1.56. The van der Waals surface area contributed by atoms with Crippen molar-refractivity contribution in [2.75, 3.05) is 5.88 Å². The van der Waals surface area contributed by atoms with Gasteiger partial charge in [-0.2, -0.15) is 0 Å². The Labute approximate surface area is 87.9 Å². The first-order chi connectivity index (χ1) is 3.95. The largest absolute Gasteiger partial charge is 1.00 e. The summed E-state index contributed by atoms with van der Waals surface area (Å²) in [6, 6.07) is 0. The molecule has 0 aliphatic heterocycles. The van der Waals surface area contributed by atoms with E-state index < -0.39 is 13.9 Å². The third-order valence-electron chi connectivity index (χ3n) is 0.535. The van der Waals surface area contributed by atoms with Gasteiger partial charge < -0.3 is 11.2 Å². The standard InChI is InChI=1S/C3H8ClO4P.Na.H/c1-3(2-4)8-9(5,6)7;;/h3H,2H2,1H3,(H2,5,6,7);;/q;+1;-1. The number of hydrogen-bond acceptors (Lipinski definition) is 2. The van der Waals surface area contributed by atoms with Crippen LogP contribution in [0.15, 0.2) is 0 Å². The summed E-state index contributed by atoms with van der Waals surface area (Å²) in [5, 5.41) is 0. The van der Waals surface area contributed by atoms with Gasteiger partial charge in [-0.05, 0) is 6.92 Å². The maximum atomic E-state index is 10.0. The molecule has 4 nitrogen and oxygen atoms in total. The van der Waals surface area contributed by atoms with Crippen LogP contribution in [-0.2, 0) is 9.09 Å². The summed E-state index contributed by atoms with van der Waals surface area (Å²) in [4.78, 5) is 16.3. The molecular weight excluding hydrogens is 189 g/mol. The minimum absolute atomic E-state index is 0. The Morgan fingerprint density at radius 3 is 2.30 bits per heavy atom. The second kappa shape index (κ2) is 5.98. The summed E-state index contributed by atoms with van der Waals surface area (Å²) < 4.78 is 14.1. The number of rotatable bonds is 3. The minimum Gasteiger partial charge on any atom is -1.00 e. The Morgan fingerprint density at radius 1 is 1.80 bits per heavy atom. The Bertz CT molecular complexity index is 131. The van der Waals surface area contributed by atoms with Crippen molar-refractivity contribution in [3.63, 3.8) is 0 Å². The van der Waals surface area contributed by atoms with E-state index >= 15 is 0 Å². The summed E-state index contributed by atoms with van der Waals surface area (Å²) in [6.07, 6.45) is -0.604. The summed E-state index contributed by atoms with van der Waals surface area (Å²) in [5.74, 6) is 0.0745. The van der Waals surface area contributed by atoms with Gasteiger partial charge in [0.1, 0.15) is 0 Å². The molecule has 0 saturated carbocycles. The van der Waals surface area contributed by atoms with Gasteiger partial charge >= 0.3 is 37.4 Å². The maximum Gasteiger partial charge on any atom is 1.00 e. The number of alkyl halides is 1. The first-order valence-corrected chi connectivity index (χ1v) is 4.32. The zero-order chi connectivity index (χ0) is 7.49. The SMILES string of the molecule is CC(CCl)OP(=O)(O)O.[H-].[Na+]. The van der Waals surface area contributed by atoms with E-state index in [1.165, 1.54) is 6.92 Å². The number of phosphoric ester groups is 1. The van der Waals surface area contributed by atoms with Crippen LogP contribution < -0.4 is 29.6 Å². The summed E-state index contributed by atoms with van der Waals surface area (Å²) in [5.41, 5.74) is 0. The molecule has 0 amide bonds. The molecular formula is C3H9ClNaO4P. The molecule has 0 fully saturated rings. The van der Waals surface area contributed by atoms with Crippen molar-refractivity contribution >= 4 is 19.4 Å². The molecule has 0 heterocycles. The monoisotopic (exact) mass is 198 g/mol. The molecule has 0 aromatic rings. The van der Waals surface area contributed by atoms with Crippen molar-refractivity contribution in [1.82, 2.24) is 0 Å². The molecule has 1 atom stereocenters. The molecule has 7 heteroatoms. The zero-order valence-corrected chi connectivity index (χ0v) is 9.47. The van der Waals surface area contributed by atoms with Gasteiger partial charge in [0.2, 0.25) is 0 Å². The Morgan fingerprint density at radius 2 is 2.20 bits per heavy atom. The zero-order valence-electron chi connectivity index (χ0n) is 6.82.